The molecule has 114 valence electrons. The van der Waals surface area contributed by atoms with E-state index in [9.17, 15) is 0 Å². The van der Waals surface area contributed by atoms with Gasteiger partial charge in [0.15, 0.2) is 0 Å². The molecular weight excluding hydrogens is 268 g/mol. The van der Waals surface area contributed by atoms with E-state index >= 15 is 0 Å². The van der Waals surface area contributed by atoms with Gasteiger partial charge in [-0.25, -0.2) is 0 Å². The van der Waals surface area contributed by atoms with Crippen LogP contribution in [0.25, 0.3) is 0 Å². The van der Waals surface area contributed by atoms with Crippen molar-refractivity contribution in [3.63, 3.8) is 0 Å². The number of hydrogen-bond donors (Lipinski definition) is 1. The van der Waals surface area contributed by atoms with Crippen molar-refractivity contribution in [3.8, 4) is 0 Å². The van der Waals surface area contributed by atoms with Gasteiger partial charge in [0, 0.05) is 17.1 Å². The minimum atomic E-state index is 0.306. The zero-order valence-corrected chi connectivity index (χ0v) is 14.5. The third-order valence-electron chi connectivity index (χ3n) is 4.28. The largest absolute Gasteiger partial charge is 0.313 e. The average molecular weight is 297 g/mol. The monoisotopic (exact) mass is 296 g/mol. The molecule has 0 bridgehead atoms. The van der Waals surface area contributed by atoms with Gasteiger partial charge in [0.25, 0.3) is 0 Å². The summed E-state index contributed by atoms with van der Waals surface area (Å²) in [5, 5.41) is 4.20. The molecule has 1 aromatic carbocycles. The maximum atomic E-state index is 6.08. The molecule has 0 saturated heterocycles. The Morgan fingerprint density at radius 1 is 1.30 bits per heavy atom. The van der Waals surface area contributed by atoms with E-state index in [1.807, 2.05) is 19.2 Å². The van der Waals surface area contributed by atoms with E-state index < -0.39 is 0 Å². The van der Waals surface area contributed by atoms with Crippen molar-refractivity contribution in [1.82, 2.24) is 10.2 Å². The van der Waals surface area contributed by atoms with E-state index in [1.54, 1.807) is 0 Å². The van der Waals surface area contributed by atoms with Gasteiger partial charge >= 0.3 is 0 Å². The van der Waals surface area contributed by atoms with Crippen LogP contribution in [0.4, 0.5) is 0 Å². The molecule has 20 heavy (non-hydrogen) atoms. The van der Waals surface area contributed by atoms with Gasteiger partial charge in [-0.05, 0) is 57.1 Å². The van der Waals surface area contributed by atoms with Crippen molar-refractivity contribution in [2.45, 2.75) is 46.2 Å². The lowest BCUT2D eigenvalue weighted by molar-refractivity contribution is 0.136. The first-order valence-electron chi connectivity index (χ1n) is 7.38. The van der Waals surface area contributed by atoms with Crippen LogP contribution in [0.1, 0.15) is 45.7 Å². The molecule has 0 spiro atoms. The van der Waals surface area contributed by atoms with Crippen molar-refractivity contribution in [2.75, 3.05) is 20.6 Å². The van der Waals surface area contributed by atoms with Crippen LogP contribution >= 0.6 is 11.6 Å². The molecule has 1 N–H and O–H groups in total. The predicted octanol–water partition coefficient (Wildman–Crippen LogP) is 4.36. The third-order valence-corrected chi connectivity index (χ3v) is 4.52. The van der Waals surface area contributed by atoms with E-state index in [0.717, 1.165) is 18.0 Å². The third kappa shape index (κ3) is 5.08. The lowest BCUT2D eigenvalue weighted by Gasteiger charge is -2.36. The SMILES string of the molecule is CNC(CCN(C)C(C)C(C)(C)C)c1cccc(Cl)c1. The first kappa shape index (κ1) is 17.5. The van der Waals surface area contributed by atoms with Crippen LogP contribution in [-0.4, -0.2) is 31.6 Å². The average Bonchev–Trinajstić information content (AvgIpc) is 2.37. The van der Waals surface area contributed by atoms with Crippen LogP contribution < -0.4 is 5.32 Å². The number of rotatable bonds is 6. The molecule has 1 rings (SSSR count). The molecule has 0 fully saturated rings. The van der Waals surface area contributed by atoms with Crippen molar-refractivity contribution < 1.29 is 0 Å². The maximum absolute atomic E-state index is 6.08. The molecule has 0 saturated carbocycles. The summed E-state index contributed by atoms with van der Waals surface area (Å²) in [5.74, 6) is 0. The van der Waals surface area contributed by atoms with Gasteiger partial charge in [0.05, 0.1) is 0 Å². The summed E-state index contributed by atoms with van der Waals surface area (Å²) in [5.41, 5.74) is 1.57. The zero-order valence-electron chi connectivity index (χ0n) is 13.7. The van der Waals surface area contributed by atoms with Crippen molar-refractivity contribution >= 4 is 11.6 Å². The number of hydrogen-bond acceptors (Lipinski definition) is 2. The van der Waals surface area contributed by atoms with Gasteiger partial charge in [-0.1, -0.05) is 44.5 Å². The lowest BCUT2D eigenvalue weighted by Crippen LogP contribution is -2.40. The fourth-order valence-corrected chi connectivity index (χ4v) is 2.59. The molecular formula is C17H29ClN2. The number of nitrogens with one attached hydrogen (secondary N) is 1. The fourth-order valence-electron chi connectivity index (χ4n) is 2.39. The molecule has 0 amide bonds. The highest BCUT2D eigenvalue weighted by Gasteiger charge is 2.24. The van der Waals surface area contributed by atoms with Crippen LogP contribution in [0.2, 0.25) is 5.02 Å². The second-order valence-corrected chi connectivity index (χ2v) is 7.14. The Morgan fingerprint density at radius 3 is 2.45 bits per heavy atom. The van der Waals surface area contributed by atoms with Crippen molar-refractivity contribution in [2.24, 2.45) is 5.41 Å². The summed E-state index contributed by atoms with van der Waals surface area (Å²) in [4.78, 5) is 2.44. The van der Waals surface area contributed by atoms with Crippen LogP contribution in [0.15, 0.2) is 24.3 Å². The summed E-state index contributed by atoms with van der Waals surface area (Å²) in [7, 11) is 4.22. The molecule has 2 unspecified atom stereocenters. The summed E-state index contributed by atoms with van der Waals surface area (Å²) in [6.07, 6.45) is 1.08. The van der Waals surface area contributed by atoms with Gasteiger partial charge in [0.1, 0.15) is 0 Å². The van der Waals surface area contributed by atoms with Crippen LogP contribution in [0.5, 0.6) is 0 Å². The Bertz CT molecular complexity index is 412. The Labute approximate surface area is 129 Å². The minimum absolute atomic E-state index is 0.306. The number of nitrogens with zero attached hydrogens (tertiary/aromatic N) is 1. The van der Waals surface area contributed by atoms with Gasteiger partial charge in [-0.15, -0.1) is 0 Å². The van der Waals surface area contributed by atoms with Crippen LogP contribution in [0, 0.1) is 5.41 Å². The highest BCUT2D eigenvalue weighted by Crippen LogP contribution is 2.25. The van der Waals surface area contributed by atoms with Crippen molar-refractivity contribution in [1.29, 1.82) is 0 Å². The zero-order chi connectivity index (χ0) is 15.3. The normalized spacial score (nSPS) is 15.4. The molecule has 3 heteroatoms. The minimum Gasteiger partial charge on any atom is -0.313 e. The van der Waals surface area contributed by atoms with Crippen LogP contribution in [-0.2, 0) is 0 Å². The number of halogens is 1. The topological polar surface area (TPSA) is 15.3 Å². The Kier molecular flexibility index (Phi) is 6.50. The molecule has 1 aromatic rings. The summed E-state index contributed by atoms with van der Waals surface area (Å²) in [6.45, 7) is 10.2. The fraction of sp³-hybridized carbons (Fsp3) is 0.647. The second kappa shape index (κ2) is 7.44. The van der Waals surface area contributed by atoms with E-state index in [2.05, 4.69) is 57.1 Å². The van der Waals surface area contributed by atoms with Gasteiger partial charge in [-0.2, -0.15) is 0 Å². The molecule has 0 aliphatic carbocycles. The predicted molar refractivity (Wildman–Crippen MR) is 89.4 cm³/mol. The van der Waals surface area contributed by atoms with Gasteiger partial charge in [0.2, 0.25) is 0 Å². The standard InChI is InChI=1S/C17H29ClN2/c1-13(17(2,3)4)20(6)11-10-16(19-5)14-8-7-9-15(18)12-14/h7-9,12-13,16,19H,10-11H2,1-6H3. The molecule has 2 atom stereocenters. The number of benzene rings is 1. The van der Waals surface area contributed by atoms with E-state index in [1.165, 1.54) is 5.56 Å². The summed E-state index contributed by atoms with van der Waals surface area (Å²) in [6, 6.07) is 9.04. The molecule has 0 aromatic heterocycles. The Hall–Kier alpha value is -0.570. The first-order chi connectivity index (χ1) is 9.25. The maximum Gasteiger partial charge on any atom is 0.0409 e. The summed E-state index contributed by atoms with van der Waals surface area (Å²) < 4.78 is 0. The highest BCUT2D eigenvalue weighted by molar-refractivity contribution is 6.30. The molecule has 0 heterocycles. The second-order valence-electron chi connectivity index (χ2n) is 6.71. The van der Waals surface area contributed by atoms with Gasteiger partial charge < -0.3 is 10.2 Å². The summed E-state index contributed by atoms with van der Waals surface area (Å²) >= 11 is 6.08. The quantitative estimate of drug-likeness (QED) is 0.839. The molecule has 0 aliphatic rings. The van der Waals surface area contributed by atoms with Gasteiger partial charge in [-0.3, -0.25) is 0 Å². The molecule has 0 aliphatic heterocycles. The Morgan fingerprint density at radius 2 is 1.95 bits per heavy atom. The highest BCUT2D eigenvalue weighted by atomic mass is 35.5. The molecule has 2 nitrogen and oxygen atoms in total. The smallest absolute Gasteiger partial charge is 0.0409 e. The van der Waals surface area contributed by atoms with Crippen molar-refractivity contribution in [3.05, 3.63) is 34.9 Å². The van der Waals surface area contributed by atoms with Crippen LogP contribution in [0.3, 0.4) is 0 Å². The van der Waals surface area contributed by atoms with E-state index in [0.29, 0.717) is 17.5 Å². The lowest BCUT2D eigenvalue weighted by atomic mass is 9.87. The Balaban J connectivity index is 2.62. The molecule has 0 radical (unpaired) electrons. The van der Waals surface area contributed by atoms with E-state index in [4.69, 9.17) is 11.6 Å². The van der Waals surface area contributed by atoms with E-state index in [-0.39, 0.29) is 0 Å². The first-order valence-corrected chi connectivity index (χ1v) is 7.76.